The molecule has 0 saturated heterocycles. The molecular weight excluding hydrogens is 414 g/mol. The highest BCUT2D eigenvalue weighted by Crippen LogP contribution is 2.32. The van der Waals surface area contributed by atoms with E-state index in [1.165, 1.54) is 5.56 Å². The van der Waals surface area contributed by atoms with Crippen LogP contribution in [0.4, 0.5) is 0 Å². The number of carbonyl (C=O) groups excluding carboxylic acids is 1. The third kappa shape index (κ3) is 5.66. The lowest BCUT2D eigenvalue weighted by Crippen LogP contribution is -2.43. The molecular formula is C23H29N3O6. The Hall–Kier alpha value is -3.36. The van der Waals surface area contributed by atoms with Crippen molar-refractivity contribution < 1.29 is 19.4 Å². The van der Waals surface area contributed by atoms with Gasteiger partial charge < -0.3 is 15.2 Å². The molecule has 0 unspecified atom stereocenters. The van der Waals surface area contributed by atoms with Crippen molar-refractivity contribution in [2.24, 2.45) is 0 Å². The highest BCUT2D eigenvalue weighted by molar-refractivity contribution is 5.95. The van der Waals surface area contributed by atoms with Gasteiger partial charge in [-0.05, 0) is 43.6 Å². The summed E-state index contributed by atoms with van der Waals surface area (Å²) in [6.07, 6.45) is 4.84. The third-order valence-corrected chi connectivity index (χ3v) is 5.74. The highest BCUT2D eigenvalue weighted by Gasteiger charge is 2.27. The standard InChI is InChI=1S/C23H29N3O6/c1-2-3-13-32-20-19(25-23(31)26(22(20)30)14-18(27)28)21(29)24-17-11-9-16(10-12-17)15-7-5-4-6-8-15/h4-8,16-17H,2-3,9-14H2,1H3,(H,24,29)(H,25,31)(H,27,28)/t16-,17+. The van der Waals surface area contributed by atoms with E-state index in [2.05, 4.69) is 22.4 Å². The number of aromatic amines is 1. The number of benzene rings is 1. The fraction of sp³-hybridized carbons (Fsp3) is 0.478. The van der Waals surface area contributed by atoms with Gasteiger partial charge in [-0.1, -0.05) is 43.7 Å². The molecule has 1 saturated carbocycles. The molecule has 1 heterocycles. The number of amides is 1. The minimum Gasteiger partial charge on any atom is -0.486 e. The van der Waals surface area contributed by atoms with Crippen molar-refractivity contribution in [2.45, 2.75) is 64.0 Å². The van der Waals surface area contributed by atoms with Gasteiger partial charge in [0.15, 0.2) is 5.69 Å². The summed E-state index contributed by atoms with van der Waals surface area (Å²) < 4.78 is 6.03. The average molecular weight is 444 g/mol. The molecule has 0 bridgehead atoms. The number of ether oxygens (including phenoxy) is 1. The van der Waals surface area contributed by atoms with E-state index < -0.39 is 29.7 Å². The van der Waals surface area contributed by atoms with E-state index in [1.807, 2.05) is 25.1 Å². The molecule has 1 aromatic heterocycles. The third-order valence-electron chi connectivity index (χ3n) is 5.74. The number of H-pyrrole nitrogens is 1. The summed E-state index contributed by atoms with van der Waals surface area (Å²) in [6, 6.07) is 10.2. The van der Waals surface area contributed by atoms with E-state index in [0.717, 1.165) is 32.1 Å². The SMILES string of the molecule is CCCCOc1c(C(=O)N[C@H]2CC[C@@H](c3ccccc3)CC2)[nH]c(=O)n(CC(=O)O)c1=O. The van der Waals surface area contributed by atoms with Crippen LogP contribution >= 0.6 is 0 Å². The van der Waals surface area contributed by atoms with Crippen LogP contribution in [-0.4, -0.2) is 39.2 Å². The van der Waals surface area contributed by atoms with Crippen molar-refractivity contribution in [3.63, 3.8) is 0 Å². The fourth-order valence-corrected chi connectivity index (χ4v) is 4.00. The van der Waals surface area contributed by atoms with Gasteiger partial charge in [-0.2, -0.15) is 0 Å². The lowest BCUT2D eigenvalue weighted by atomic mass is 9.82. The van der Waals surface area contributed by atoms with Crippen molar-refractivity contribution in [2.75, 3.05) is 6.61 Å². The summed E-state index contributed by atoms with van der Waals surface area (Å²) >= 11 is 0. The largest absolute Gasteiger partial charge is 0.486 e. The van der Waals surface area contributed by atoms with E-state index in [-0.39, 0.29) is 24.1 Å². The minimum atomic E-state index is -1.34. The van der Waals surface area contributed by atoms with E-state index >= 15 is 0 Å². The number of nitrogens with one attached hydrogen (secondary N) is 2. The molecule has 0 atom stereocenters. The number of carboxylic acid groups (broad SMARTS) is 1. The monoisotopic (exact) mass is 443 g/mol. The predicted molar refractivity (Wildman–Crippen MR) is 118 cm³/mol. The normalized spacial score (nSPS) is 18.2. The van der Waals surface area contributed by atoms with Gasteiger partial charge in [0.1, 0.15) is 6.54 Å². The number of nitrogens with zero attached hydrogens (tertiary/aromatic N) is 1. The van der Waals surface area contributed by atoms with Crippen LogP contribution in [0.5, 0.6) is 5.75 Å². The summed E-state index contributed by atoms with van der Waals surface area (Å²) in [5, 5.41) is 11.9. The van der Waals surface area contributed by atoms with E-state index in [0.29, 0.717) is 16.9 Å². The molecule has 172 valence electrons. The fourth-order valence-electron chi connectivity index (χ4n) is 4.00. The number of aliphatic carboxylic acids is 1. The Balaban J connectivity index is 1.75. The number of aromatic nitrogens is 2. The van der Waals surface area contributed by atoms with Crippen molar-refractivity contribution in [1.29, 1.82) is 0 Å². The smallest absolute Gasteiger partial charge is 0.329 e. The zero-order chi connectivity index (χ0) is 23.1. The number of unbranched alkanes of at least 4 members (excludes halogenated alkanes) is 1. The Morgan fingerprint density at radius 3 is 2.47 bits per heavy atom. The molecule has 1 fully saturated rings. The van der Waals surface area contributed by atoms with Gasteiger partial charge >= 0.3 is 11.7 Å². The van der Waals surface area contributed by atoms with Crippen molar-refractivity contribution in [1.82, 2.24) is 14.9 Å². The number of carboxylic acids is 1. The van der Waals surface area contributed by atoms with Gasteiger partial charge in [0.2, 0.25) is 5.75 Å². The van der Waals surface area contributed by atoms with Gasteiger partial charge in [-0.3, -0.25) is 19.4 Å². The zero-order valence-corrected chi connectivity index (χ0v) is 18.1. The first-order valence-electron chi connectivity index (χ1n) is 11.0. The van der Waals surface area contributed by atoms with Crippen LogP contribution in [-0.2, 0) is 11.3 Å². The first kappa shape index (κ1) is 23.3. The molecule has 0 radical (unpaired) electrons. The highest BCUT2D eigenvalue weighted by atomic mass is 16.5. The maximum absolute atomic E-state index is 12.9. The first-order valence-corrected chi connectivity index (χ1v) is 11.0. The molecule has 1 amide bonds. The lowest BCUT2D eigenvalue weighted by Gasteiger charge is -2.29. The van der Waals surface area contributed by atoms with Crippen LogP contribution in [0.25, 0.3) is 0 Å². The predicted octanol–water partition coefficient (Wildman–Crippen LogP) is 2.26. The molecule has 3 rings (SSSR count). The summed E-state index contributed by atoms with van der Waals surface area (Å²) in [6.45, 7) is 1.30. The number of carbonyl (C=O) groups is 2. The molecule has 9 nitrogen and oxygen atoms in total. The molecule has 3 N–H and O–H groups in total. The second-order valence-electron chi connectivity index (χ2n) is 8.05. The Kier molecular flexibility index (Phi) is 7.86. The van der Waals surface area contributed by atoms with Crippen LogP contribution < -0.4 is 21.3 Å². The molecule has 1 aliphatic rings. The average Bonchev–Trinajstić information content (AvgIpc) is 2.79. The van der Waals surface area contributed by atoms with Crippen molar-refractivity contribution in [3.8, 4) is 5.75 Å². The second kappa shape index (κ2) is 10.8. The minimum absolute atomic E-state index is 0.0871. The molecule has 2 aromatic rings. The van der Waals surface area contributed by atoms with Crippen molar-refractivity contribution in [3.05, 3.63) is 62.4 Å². The van der Waals surface area contributed by atoms with Crippen LogP contribution in [0, 0.1) is 0 Å². The van der Waals surface area contributed by atoms with Crippen LogP contribution in [0.3, 0.4) is 0 Å². The summed E-state index contributed by atoms with van der Waals surface area (Å²) in [5.41, 5.74) is -0.860. The number of hydrogen-bond donors (Lipinski definition) is 3. The first-order chi connectivity index (χ1) is 15.4. The molecule has 0 spiro atoms. The summed E-state index contributed by atoms with van der Waals surface area (Å²) in [5.74, 6) is -1.83. The maximum atomic E-state index is 12.9. The van der Waals surface area contributed by atoms with Gasteiger partial charge in [0.25, 0.3) is 11.5 Å². The van der Waals surface area contributed by atoms with Gasteiger partial charge in [0.05, 0.1) is 6.61 Å². The Bertz CT molecular complexity index is 1050. The van der Waals surface area contributed by atoms with E-state index in [1.54, 1.807) is 0 Å². The second-order valence-corrected chi connectivity index (χ2v) is 8.05. The van der Waals surface area contributed by atoms with E-state index in [4.69, 9.17) is 9.84 Å². The van der Waals surface area contributed by atoms with Crippen molar-refractivity contribution >= 4 is 11.9 Å². The topological polar surface area (TPSA) is 130 Å². The van der Waals surface area contributed by atoms with Gasteiger partial charge in [-0.25, -0.2) is 9.36 Å². The molecule has 1 aliphatic carbocycles. The summed E-state index contributed by atoms with van der Waals surface area (Å²) in [4.78, 5) is 51.3. The number of hydrogen-bond acceptors (Lipinski definition) is 5. The Morgan fingerprint density at radius 1 is 1.16 bits per heavy atom. The Morgan fingerprint density at radius 2 is 1.84 bits per heavy atom. The lowest BCUT2D eigenvalue weighted by molar-refractivity contribution is -0.137. The van der Waals surface area contributed by atoms with Crippen LogP contribution in [0.15, 0.2) is 39.9 Å². The summed E-state index contributed by atoms with van der Waals surface area (Å²) in [7, 11) is 0. The van der Waals surface area contributed by atoms with Crippen LogP contribution in [0.2, 0.25) is 0 Å². The molecule has 32 heavy (non-hydrogen) atoms. The quantitative estimate of drug-likeness (QED) is 0.510. The zero-order valence-electron chi connectivity index (χ0n) is 18.1. The maximum Gasteiger partial charge on any atom is 0.329 e. The Labute approximate surface area is 185 Å². The molecule has 1 aromatic carbocycles. The van der Waals surface area contributed by atoms with Gasteiger partial charge in [0, 0.05) is 6.04 Å². The van der Waals surface area contributed by atoms with E-state index in [9.17, 15) is 19.2 Å². The van der Waals surface area contributed by atoms with Gasteiger partial charge in [-0.15, -0.1) is 0 Å². The number of rotatable bonds is 9. The molecule has 0 aliphatic heterocycles. The molecule has 9 heteroatoms. The van der Waals surface area contributed by atoms with Crippen LogP contribution in [0.1, 0.15) is 67.4 Å².